The summed E-state index contributed by atoms with van der Waals surface area (Å²) in [5.41, 5.74) is 2.46. The first kappa shape index (κ1) is 18.3. The molecule has 1 saturated carbocycles. The van der Waals surface area contributed by atoms with Gasteiger partial charge < -0.3 is 15.1 Å². The van der Waals surface area contributed by atoms with Crippen LogP contribution in [-0.4, -0.2) is 48.3 Å². The van der Waals surface area contributed by atoms with Crippen molar-refractivity contribution in [1.82, 2.24) is 15.1 Å². The van der Waals surface area contributed by atoms with E-state index < -0.39 is 0 Å². The van der Waals surface area contributed by atoms with Crippen molar-refractivity contribution < 1.29 is 4.79 Å². The van der Waals surface area contributed by atoms with E-state index in [4.69, 9.17) is 0 Å². The van der Waals surface area contributed by atoms with Gasteiger partial charge >= 0.3 is 0 Å². The van der Waals surface area contributed by atoms with Crippen LogP contribution >= 0.6 is 0 Å². The van der Waals surface area contributed by atoms with Gasteiger partial charge in [-0.25, -0.2) is 0 Å². The van der Waals surface area contributed by atoms with Crippen molar-refractivity contribution in [2.75, 3.05) is 26.7 Å². The Balaban J connectivity index is 1.29. The summed E-state index contributed by atoms with van der Waals surface area (Å²) >= 11 is 0. The number of amides is 1. The number of benzene rings is 1. The molecule has 1 aromatic carbocycles. The van der Waals surface area contributed by atoms with Crippen LogP contribution in [0.15, 0.2) is 29.3 Å². The van der Waals surface area contributed by atoms with E-state index in [0.29, 0.717) is 6.42 Å². The molecule has 0 bridgehead atoms. The van der Waals surface area contributed by atoms with Gasteiger partial charge in [0.2, 0.25) is 5.91 Å². The molecule has 2 unspecified atom stereocenters. The molecule has 146 valence electrons. The minimum Gasteiger partial charge on any atom is -0.352 e. The first-order chi connectivity index (χ1) is 13.2. The lowest BCUT2D eigenvalue weighted by molar-refractivity contribution is -0.128. The SMILES string of the molecule is CN=C(NCc1ccc(CN2CCCC2=O)cc1)N1CC2CCCCC2C1. The van der Waals surface area contributed by atoms with Gasteiger partial charge in [0.1, 0.15) is 0 Å². The number of guanidine groups is 1. The Bertz CT molecular complexity index is 670. The van der Waals surface area contributed by atoms with Gasteiger partial charge in [-0.3, -0.25) is 9.79 Å². The predicted octanol–water partition coefficient (Wildman–Crippen LogP) is 3.01. The normalized spacial score (nSPS) is 25.8. The Morgan fingerprint density at radius 1 is 1.07 bits per heavy atom. The number of likely N-dealkylation sites (tertiary alicyclic amines) is 2. The van der Waals surface area contributed by atoms with E-state index in [2.05, 4.69) is 39.5 Å². The number of carbonyl (C=O) groups excluding carboxylic acids is 1. The monoisotopic (exact) mass is 368 g/mol. The number of fused-ring (bicyclic) bond motifs is 1. The summed E-state index contributed by atoms with van der Waals surface area (Å²) in [6, 6.07) is 8.63. The second kappa shape index (κ2) is 8.32. The molecule has 0 radical (unpaired) electrons. The van der Waals surface area contributed by atoms with Crippen molar-refractivity contribution in [3.63, 3.8) is 0 Å². The topological polar surface area (TPSA) is 47.9 Å². The van der Waals surface area contributed by atoms with E-state index in [-0.39, 0.29) is 5.91 Å². The van der Waals surface area contributed by atoms with Gasteiger partial charge in [-0.05, 0) is 42.2 Å². The Morgan fingerprint density at radius 2 is 1.74 bits per heavy atom. The third-order valence-corrected chi connectivity index (χ3v) is 6.51. The zero-order valence-electron chi connectivity index (χ0n) is 16.5. The summed E-state index contributed by atoms with van der Waals surface area (Å²) in [7, 11) is 1.89. The number of nitrogens with one attached hydrogen (secondary N) is 1. The average Bonchev–Trinajstić information content (AvgIpc) is 3.30. The van der Waals surface area contributed by atoms with E-state index in [0.717, 1.165) is 56.9 Å². The van der Waals surface area contributed by atoms with Gasteiger partial charge in [-0.1, -0.05) is 37.1 Å². The molecule has 1 amide bonds. The fourth-order valence-corrected chi connectivity index (χ4v) is 4.95. The Kier molecular flexibility index (Phi) is 5.65. The number of rotatable bonds is 4. The van der Waals surface area contributed by atoms with Gasteiger partial charge in [0.15, 0.2) is 5.96 Å². The summed E-state index contributed by atoms with van der Waals surface area (Å²) < 4.78 is 0. The second-order valence-electron chi connectivity index (χ2n) is 8.35. The molecule has 1 aliphatic carbocycles. The molecule has 5 nitrogen and oxygen atoms in total. The van der Waals surface area contributed by atoms with Gasteiger partial charge in [0.25, 0.3) is 0 Å². The lowest BCUT2D eigenvalue weighted by Gasteiger charge is -2.22. The van der Waals surface area contributed by atoms with Gasteiger partial charge in [-0.15, -0.1) is 0 Å². The standard InChI is InChI=1S/C22H32N4O/c1-23-22(26-15-19-5-2-3-6-20(19)16-26)24-13-17-8-10-18(11-9-17)14-25-12-4-7-21(25)27/h8-11,19-20H,2-7,12-16H2,1H3,(H,23,24). The summed E-state index contributed by atoms with van der Waals surface area (Å²) in [6.45, 7) is 4.75. The Morgan fingerprint density at radius 3 is 2.33 bits per heavy atom. The third-order valence-electron chi connectivity index (χ3n) is 6.51. The minimum atomic E-state index is 0.288. The molecule has 3 fully saturated rings. The summed E-state index contributed by atoms with van der Waals surface area (Å²) in [5, 5.41) is 3.55. The molecule has 2 saturated heterocycles. The van der Waals surface area contributed by atoms with Crippen molar-refractivity contribution in [2.45, 2.75) is 51.6 Å². The number of carbonyl (C=O) groups is 1. The molecule has 5 heteroatoms. The molecule has 0 spiro atoms. The zero-order valence-corrected chi connectivity index (χ0v) is 16.5. The second-order valence-corrected chi connectivity index (χ2v) is 8.35. The van der Waals surface area contributed by atoms with Crippen LogP contribution in [0.4, 0.5) is 0 Å². The predicted molar refractivity (Wildman–Crippen MR) is 108 cm³/mol. The maximum absolute atomic E-state index is 11.8. The van der Waals surface area contributed by atoms with Crippen LogP contribution in [0.5, 0.6) is 0 Å². The molecule has 2 aliphatic heterocycles. The van der Waals surface area contributed by atoms with Crippen molar-refractivity contribution in [1.29, 1.82) is 0 Å². The van der Waals surface area contributed by atoms with Crippen molar-refractivity contribution in [3.05, 3.63) is 35.4 Å². The Labute approximate surface area is 162 Å². The highest BCUT2D eigenvalue weighted by Gasteiger charge is 2.35. The molecule has 1 N–H and O–H groups in total. The van der Waals surface area contributed by atoms with Crippen LogP contribution in [0.3, 0.4) is 0 Å². The average molecular weight is 369 g/mol. The molecular formula is C22H32N4O. The molecular weight excluding hydrogens is 336 g/mol. The first-order valence-corrected chi connectivity index (χ1v) is 10.5. The summed E-state index contributed by atoms with van der Waals surface area (Å²) in [4.78, 5) is 20.7. The van der Waals surface area contributed by atoms with E-state index in [1.54, 1.807) is 0 Å². The van der Waals surface area contributed by atoms with E-state index in [1.165, 1.54) is 36.8 Å². The highest BCUT2D eigenvalue weighted by molar-refractivity contribution is 5.80. The molecule has 0 aromatic heterocycles. The maximum Gasteiger partial charge on any atom is 0.222 e. The smallest absolute Gasteiger partial charge is 0.222 e. The van der Waals surface area contributed by atoms with Gasteiger partial charge in [-0.2, -0.15) is 0 Å². The van der Waals surface area contributed by atoms with Crippen LogP contribution in [-0.2, 0) is 17.9 Å². The molecule has 2 heterocycles. The van der Waals surface area contributed by atoms with Crippen LogP contribution in [0.2, 0.25) is 0 Å². The van der Waals surface area contributed by atoms with E-state index in [1.807, 2.05) is 11.9 Å². The van der Waals surface area contributed by atoms with Crippen LogP contribution in [0.25, 0.3) is 0 Å². The molecule has 27 heavy (non-hydrogen) atoms. The molecule has 4 rings (SSSR count). The van der Waals surface area contributed by atoms with E-state index >= 15 is 0 Å². The maximum atomic E-state index is 11.8. The van der Waals surface area contributed by atoms with Crippen LogP contribution in [0.1, 0.15) is 49.7 Å². The molecule has 1 aromatic rings. The highest BCUT2D eigenvalue weighted by atomic mass is 16.2. The summed E-state index contributed by atoms with van der Waals surface area (Å²) in [5.74, 6) is 3.06. The molecule has 2 atom stereocenters. The fourth-order valence-electron chi connectivity index (χ4n) is 4.95. The van der Waals surface area contributed by atoms with Crippen molar-refractivity contribution in [2.24, 2.45) is 16.8 Å². The summed E-state index contributed by atoms with van der Waals surface area (Å²) in [6.07, 6.45) is 7.28. The molecule has 3 aliphatic rings. The lowest BCUT2D eigenvalue weighted by Crippen LogP contribution is -2.39. The van der Waals surface area contributed by atoms with Gasteiger partial charge in [0, 0.05) is 46.2 Å². The fraction of sp³-hybridized carbons (Fsp3) is 0.636. The largest absolute Gasteiger partial charge is 0.352 e. The quantitative estimate of drug-likeness (QED) is 0.656. The number of nitrogens with zero attached hydrogens (tertiary/aromatic N) is 3. The highest BCUT2D eigenvalue weighted by Crippen LogP contribution is 2.35. The van der Waals surface area contributed by atoms with Gasteiger partial charge in [0.05, 0.1) is 0 Å². The van der Waals surface area contributed by atoms with Crippen molar-refractivity contribution in [3.8, 4) is 0 Å². The number of aliphatic imine (C=N–C) groups is 1. The van der Waals surface area contributed by atoms with Crippen LogP contribution in [0, 0.1) is 11.8 Å². The van der Waals surface area contributed by atoms with E-state index in [9.17, 15) is 4.79 Å². The van der Waals surface area contributed by atoms with Crippen molar-refractivity contribution >= 4 is 11.9 Å². The lowest BCUT2D eigenvalue weighted by atomic mass is 9.82. The first-order valence-electron chi connectivity index (χ1n) is 10.5. The number of hydrogen-bond acceptors (Lipinski definition) is 2. The Hall–Kier alpha value is -2.04. The zero-order chi connectivity index (χ0) is 18.6. The number of hydrogen-bond donors (Lipinski definition) is 1. The van der Waals surface area contributed by atoms with Crippen LogP contribution < -0.4 is 5.32 Å². The third kappa shape index (κ3) is 4.28. The minimum absolute atomic E-state index is 0.288.